The van der Waals surface area contributed by atoms with Gasteiger partial charge in [0.1, 0.15) is 17.5 Å². The topological polar surface area (TPSA) is 66.9 Å². The number of ketones is 1. The van der Waals surface area contributed by atoms with Crippen molar-refractivity contribution in [2.24, 2.45) is 0 Å². The Morgan fingerprint density at radius 2 is 1.86 bits per heavy atom. The lowest BCUT2D eigenvalue weighted by atomic mass is 10.1. The van der Waals surface area contributed by atoms with Gasteiger partial charge in [0.15, 0.2) is 5.78 Å². The van der Waals surface area contributed by atoms with Crippen molar-refractivity contribution in [3.8, 4) is 0 Å². The molecule has 1 heterocycles. The number of hydrogen-bond donors (Lipinski definition) is 2. The molecule has 0 aliphatic heterocycles. The first-order chi connectivity index (χ1) is 9.94. The van der Waals surface area contributed by atoms with Gasteiger partial charge in [-0.15, -0.1) is 0 Å². The number of aromatic nitrogens is 2. The second-order valence-corrected chi connectivity index (χ2v) is 5.25. The zero-order chi connectivity index (χ0) is 15.4. The lowest BCUT2D eigenvalue weighted by Gasteiger charge is -2.12. The minimum absolute atomic E-state index is 0.0414. The van der Waals surface area contributed by atoms with E-state index in [1.807, 2.05) is 31.2 Å². The number of nitrogens with one attached hydrogen (secondary N) is 2. The SMILES string of the molecule is CC(=O)c1cccc(Nc2cc(NC(C)C)nc(C)n2)c1. The summed E-state index contributed by atoms with van der Waals surface area (Å²) < 4.78 is 0. The number of rotatable bonds is 5. The van der Waals surface area contributed by atoms with E-state index in [9.17, 15) is 4.79 Å². The van der Waals surface area contributed by atoms with Gasteiger partial charge in [-0.3, -0.25) is 4.79 Å². The van der Waals surface area contributed by atoms with Crippen molar-refractivity contribution >= 4 is 23.1 Å². The van der Waals surface area contributed by atoms with E-state index in [1.165, 1.54) is 0 Å². The van der Waals surface area contributed by atoms with Gasteiger partial charge in [-0.1, -0.05) is 12.1 Å². The summed E-state index contributed by atoms with van der Waals surface area (Å²) in [6.45, 7) is 7.52. The predicted molar refractivity (Wildman–Crippen MR) is 85.3 cm³/mol. The Bertz CT molecular complexity index is 652. The lowest BCUT2D eigenvalue weighted by molar-refractivity contribution is 0.101. The van der Waals surface area contributed by atoms with Crippen molar-refractivity contribution in [2.75, 3.05) is 10.6 Å². The van der Waals surface area contributed by atoms with Gasteiger partial charge in [-0.25, -0.2) is 9.97 Å². The number of benzene rings is 1. The van der Waals surface area contributed by atoms with E-state index in [4.69, 9.17) is 0 Å². The molecule has 2 rings (SSSR count). The fraction of sp³-hybridized carbons (Fsp3) is 0.312. The van der Waals surface area contributed by atoms with Crippen LogP contribution in [0.15, 0.2) is 30.3 Å². The van der Waals surface area contributed by atoms with Gasteiger partial charge in [0.05, 0.1) is 0 Å². The van der Waals surface area contributed by atoms with Gasteiger partial charge in [0.25, 0.3) is 0 Å². The van der Waals surface area contributed by atoms with E-state index in [1.54, 1.807) is 13.0 Å². The number of carbonyl (C=O) groups excluding carboxylic acids is 1. The van der Waals surface area contributed by atoms with E-state index in [-0.39, 0.29) is 5.78 Å². The minimum atomic E-state index is 0.0414. The van der Waals surface area contributed by atoms with Gasteiger partial charge in [-0.05, 0) is 39.8 Å². The molecule has 21 heavy (non-hydrogen) atoms. The molecule has 0 aliphatic rings. The second kappa shape index (κ2) is 6.35. The summed E-state index contributed by atoms with van der Waals surface area (Å²) in [6.07, 6.45) is 0. The third-order valence-corrected chi connectivity index (χ3v) is 2.82. The first-order valence-electron chi connectivity index (χ1n) is 6.94. The normalized spacial score (nSPS) is 10.5. The number of Topliss-reactive ketones (excluding diaryl/α,β-unsaturated/α-hetero) is 1. The molecule has 5 heteroatoms. The molecule has 0 fully saturated rings. The third kappa shape index (κ3) is 4.27. The molecule has 0 atom stereocenters. The van der Waals surface area contributed by atoms with Crippen LogP contribution in [0.1, 0.15) is 37.0 Å². The summed E-state index contributed by atoms with van der Waals surface area (Å²) in [5, 5.41) is 6.47. The highest BCUT2D eigenvalue weighted by molar-refractivity contribution is 5.95. The average Bonchev–Trinajstić information content (AvgIpc) is 2.37. The van der Waals surface area contributed by atoms with E-state index in [0.29, 0.717) is 23.2 Å². The largest absolute Gasteiger partial charge is 0.368 e. The van der Waals surface area contributed by atoms with Gasteiger partial charge in [-0.2, -0.15) is 0 Å². The molecule has 0 aliphatic carbocycles. The van der Waals surface area contributed by atoms with Crippen LogP contribution in [0.3, 0.4) is 0 Å². The van der Waals surface area contributed by atoms with E-state index in [2.05, 4.69) is 34.4 Å². The van der Waals surface area contributed by atoms with Crippen LogP contribution in [0.5, 0.6) is 0 Å². The fourth-order valence-electron chi connectivity index (χ4n) is 1.97. The van der Waals surface area contributed by atoms with Crippen LogP contribution in [0.25, 0.3) is 0 Å². The quantitative estimate of drug-likeness (QED) is 0.822. The van der Waals surface area contributed by atoms with Gasteiger partial charge >= 0.3 is 0 Å². The summed E-state index contributed by atoms with van der Waals surface area (Å²) in [7, 11) is 0. The Hall–Kier alpha value is -2.43. The molecular weight excluding hydrogens is 264 g/mol. The Balaban J connectivity index is 2.24. The van der Waals surface area contributed by atoms with Gasteiger partial charge in [0.2, 0.25) is 0 Å². The molecule has 1 aromatic heterocycles. The van der Waals surface area contributed by atoms with Crippen molar-refractivity contribution in [3.63, 3.8) is 0 Å². The van der Waals surface area contributed by atoms with E-state index >= 15 is 0 Å². The van der Waals surface area contributed by atoms with Crippen molar-refractivity contribution < 1.29 is 4.79 Å². The molecule has 2 aromatic rings. The number of hydrogen-bond acceptors (Lipinski definition) is 5. The molecule has 0 amide bonds. The highest BCUT2D eigenvalue weighted by atomic mass is 16.1. The van der Waals surface area contributed by atoms with Crippen LogP contribution in [-0.2, 0) is 0 Å². The Morgan fingerprint density at radius 1 is 1.14 bits per heavy atom. The molecule has 110 valence electrons. The first kappa shape index (κ1) is 15.0. The summed E-state index contributed by atoms with van der Waals surface area (Å²) in [5.74, 6) is 2.21. The van der Waals surface area contributed by atoms with Gasteiger partial charge < -0.3 is 10.6 Å². The lowest BCUT2D eigenvalue weighted by Crippen LogP contribution is -2.12. The van der Waals surface area contributed by atoms with Crippen molar-refractivity contribution in [3.05, 3.63) is 41.7 Å². The molecule has 1 aromatic carbocycles. The third-order valence-electron chi connectivity index (χ3n) is 2.82. The van der Waals surface area contributed by atoms with Crippen LogP contribution in [0, 0.1) is 6.92 Å². The van der Waals surface area contributed by atoms with E-state index < -0.39 is 0 Å². The molecule has 0 saturated carbocycles. The highest BCUT2D eigenvalue weighted by Gasteiger charge is 2.05. The molecule has 0 unspecified atom stereocenters. The summed E-state index contributed by atoms with van der Waals surface area (Å²) in [4.78, 5) is 20.1. The maximum atomic E-state index is 11.4. The van der Waals surface area contributed by atoms with Crippen molar-refractivity contribution in [1.82, 2.24) is 9.97 Å². The second-order valence-electron chi connectivity index (χ2n) is 5.25. The minimum Gasteiger partial charge on any atom is -0.368 e. The molecule has 5 nitrogen and oxygen atoms in total. The summed E-state index contributed by atoms with van der Waals surface area (Å²) in [6, 6.07) is 9.51. The van der Waals surface area contributed by atoms with E-state index in [0.717, 1.165) is 11.5 Å². The molecule has 2 N–H and O–H groups in total. The molecular formula is C16H20N4O. The Labute approximate surface area is 124 Å². The average molecular weight is 284 g/mol. The van der Waals surface area contributed by atoms with Crippen LogP contribution in [0.2, 0.25) is 0 Å². The van der Waals surface area contributed by atoms with Crippen molar-refractivity contribution in [1.29, 1.82) is 0 Å². The van der Waals surface area contributed by atoms with Crippen molar-refractivity contribution in [2.45, 2.75) is 33.7 Å². The van der Waals surface area contributed by atoms with Gasteiger partial charge in [0, 0.05) is 23.4 Å². The number of anilines is 3. The first-order valence-corrected chi connectivity index (χ1v) is 6.94. The molecule has 0 spiro atoms. The summed E-state index contributed by atoms with van der Waals surface area (Å²) in [5.41, 5.74) is 1.50. The smallest absolute Gasteiger partial charge is 0.159 e. The monoisotopic (exact) mass is 284 g/mol. The number of aryl methyl sites for hydroxylation is 1. The number of nitrogens with zero attached hydrogens (tertiary/aromatic N) is 2. The van der Waals surface area contributed by atoms with Crippen LogP contribution in [0.4, 0.5) is 17.3 Å². The maximum Gasteiger partial charge on any atom is 0.159 e. The van der Waals surface area contributed by atoms with Crippen LogP contribution < -0.4 is 10.6 Å². The molecule has 0 saturated heterocycles. The zero-order valence-electron chi connectivity index (χ0n) is 12.8. The standard InChI is InChI=1S/C16H20N4O/c1-10(2)17-15-9-16(19-12(4)18-15)20-14-7-5-6-13(8-14)11(3)21/h5-10H,1-4H3,(H2,17,18,19,20). The fourth-order valence-corrected chi connectivity index (χ4v) is 1.97. The molecule has 0 bridgehead atoms. The Kier molecular flexibility index (Phi) is 4.52. The maximum absolute atomic E-state index is 11.4. The summed E-state index contributed by atoms with van der Waals surface area (Å²) >= 11 is 0. The molecule has 0 radical (unpaired) electrons. The van der Waals surface area contributed by atoms with Crippen LogP contribution >= 0.6 is 0 Å². The Morgan fingerprint density at radius 3 is 2.52 bits per heavy atom. The van der Waals surface area contributed by atoms with Crippen LogP contribution in [-0.4, -0.2) is 21.8 Å². The number of carbonyl (C=O) groups is 1. The highest BCUT2D eigenvalue weighted by Crippen LogP contribution is 2.19. The predicted octanol–water partition coefficient (Wildman–Crippen LogP) is 3.55. The zero-order valence-corrected chi connectivity index (χ0v) is 12.8.